The summed E-state index contributed by atoms with van der Waals surface area (Å²) in [6.45, 7) is 0. The van der Waals surface area contributed by atoms with Gasteiger partial charge in [-0.3, -0.25) is 14.2 Å². The Morgan fingerprint density at radius 3 is 2.55 bits per heavy atom. The second-order valence-electron chi connectivity index (χ2n) is 4.23. The molecule has 11 heteroatoms. The zero-order chi connectivity index (χ0) is 16.7. The van der Waals surface area contributed by atoms with E-state index in [1.54, 1.807) is 0 Å². The molecule has 0 aliphatic heterocycles. The molecule has 0 aromatic carbocycles. The van der Waals surface area contributed by atoms with Crippen LogP contribution < -0.4 is 5.32 Å². The van der Waals surface area contributed by atoms with Gasteiger partial charge in [-0.1, -0.05) is 0 Å². The summed E-state index contributed by atoms with van der Waals surface area (Å²) in [6, 6.07) is 1.82. The Morgan fingerprint density at radius 1 is 1.41 bits per heavy atom. The summed E-state index contributed by atoms with van der Waals surface area (Å²) in [5.74, 6) is -0.772. The van der Waals surface area contributed by atoms with Crippen LogP contribution >= 0.6 is 15.9 Å². The van der Waals surface area contributed by atoms with Gasteiger partial charge in [-0.15, -0.1) is 0 Å². The van der Waals surface area contributed by atoms with Crippen LogP contribution in [-0.2, 0) is 20.3 Å². The predicted octanol–water partition coefficient (Wildman–Crippen LogP) is 2.06. The maximum atomic E-state index is 12.8. The number of rotatable bonds is 2. The van der Waals surface area contributed by atoms with Crippen molar-refractivity contribution < 1.29 is 18.0 Å². The van der Waals surface area contributed by atoms with Crippen LogP contribution in [0.5, 0.6) is 0 Å². The molecule has 0 atom stereocenters. The molecule has 22 heavy (non-hydrogen) atoms. The quantitative estimate of drug-likeness (QED) is 0.868. The Balaban J connectivity index is 2.41. The molecular weight excluding hydrogens is 369 g/mol. The lowest BCUT2D eigenvalue weighted by Crippen LogP contribution is -2.19. The zero-order valence-corrected chi connectivity index (χ0v) is 12.8. The first-order valence-corrected chi connectivity index (χ1v) is 6.49. The summed E-state index contributed by atoms with van der Waals surface area (Å²) in [6.07, 6.45) is -3.46. The van der Waals surface area contributed by atoms with Crippen LogP contribution in [0, 0.1) is 11.3 Å². The van der Waals surface area contributed by atoms with Crippen molar-refractivity contribution in [2.45, 2.75) is 6.18 Å². The van der Waals surface area contributed by atoms with Crippen LogP contribution in [0.3, 0.4) is 0 Å². The van der Waals surface area contributed by atoms with E-state index in [0.717, 1.165) is 4.68 Å². The first-order chi connectivity index (χ1) is 10.2. The Bertz CT molecular complexity index is 785. The molecule has 116 valence electrons. The highest BCUT2D eigenvalue weighted by Crippen LogP contribution is 2.35. The fraction of sp³-hybridized carbons (Fsp3) is 0.273. The van der Waals surface area contributed by atoms with Gasteiger partial charge in [0.1, 0.15) is 23.1 Å². The third-order valence-corrected chi connectivity index (χ3v) is 3.52. The van der Waals surface area contributed by atoms with Gasteiger partial charge < -0.3 is 5.32 Å². The van der Waals surface area contributed by atoms with Crippen LogP contribution in [-0.4, -0.2) is 25.5 Å². The van der Waals surface area contributed by atoms with Crippen molar-refractivity contribution in [3.05, 3.63) is 27.6 Å². The van der Waals surface area contributed by atoms with Gasteiger partial charge in [-0.05, 0) is 15.9 Å². The van der Waals surface area contributed by atoms with E-state index in [-0.39, 0.29) is 17.1 Å². The monoisotopic (exact) mass is 376 g/mol. The van der Waals surface area contributed by atoms with E-state index in [9.17, 15) is 18.0 Å². The largest absolute Gasteiger partial charge is 0.436 e. The number of nitriles is 1. The summed E-state index contributed by atoms with van der Waals surface area (Å²) in [7, 11) is 2.69. The van der Waals surface area contributed by atoms with Crippen LogP contribution in [0.15, 0.2) is 10.7 Å². The van der Waals surface area contributed by atoms with Crippen molar-refractivity contribution in [1.82, 2.24) is 19.6 Å². The number of nitrogens with zero attached hydrogens (tertiary/aromatic N) is 5. The number of nitrogens with one attached hydrogen (secondary N) is 1. The number of aryl methyl sites for hydroxylation is 2. The summed E-state index contributed by atoms with van der Waals surface area (Å²) in [5, 5.41) is 18.3. The third kappa shape index (κ3) is 2.69. The highest BCUT2D eigenvalue weighted by atomic mass is 79.9. The minimum atomic E-state index is -4.69. The topological polar surface area (TPSA) is 88.5 Å². The molecule has 1 amide bonds. The van der Waals surface area contributed by atoms with E-state index in [4.69, 9.17) is 5.26 Å². The number of aromatic nitrogens is 4. The molecular formula is C11H8BrF3N6O. The fourth-order valence-corrected chi connectivity index (χ4v) is 2.50. The third-order valence-electron chi connectivity index (χ3n) is 2.76. The molecule has 0 unspecified atom stereocenters. The second-order valence-corrected chi connectivity index (χ2v) is 5.02. The Kier molecular flexibility index (Phi) is 3.97. The number of hydrogen-bond acceptors (Lipinski definition) is 4. The van der Waals surface area contributed by atoms with Gasteiger partial charge in [0.05, 0.1) is 10.7 Å². The fourth-order valence-electron chi connectivity index (χ4n) is 1.76. The molecule has 0 radical (unpaired) electrons. The molecule has 2 rings (SSSR count). The number of anilines is 1. The summed E-state index contributed by atoms with van der Waals surface area (Å²) in [5.41, 5.74) is -1.44. The highest BCUT2D eigenvalue weighted by molar-refractivity contribution is 9.10. The van der Waals surface area contributed by atoms with Gasteiger partial charge >= 0.3 is 6.18 Å². The second kappa shape index (κ2) is 5.45. The molecule has 0 saturated carbocycles. The summed E-state index contributed by atoms with van der Waals surface area (Å²) < 4.78 is 39.9. The first kappa shape index (κ1) is 16.0. The molecule has 2 heterocycles. The van der Waals surface area contributed by atoms with Gasteiger partial charge in [0, 0.05) is 14.1 Å². The highest BCUT2D eigenvalue weighted by Gasteiger charge is 2.39. The zero-order valence-electron chi connectivity index (χ0n) is 11.2. The lowest BCUT2D eigenvalue weighted by Gasteiger charge is -2.07. The van der Waals surface area contributed by atoms with E-state index in [0.29, 0.717) is 0 Å². The molecule has 0 aliphatic carbocycles. The summed E-state index contributed by atoms with van der Waals surface area (Å²) >= 11 is 2.75. The number of carbonyl (C=O) groups is 1. The molecule has 2 aromatic rings. The number of hydrogen-bond donors (Lipinski definition) is 1. The van der Waals surface area contributed by atoms with Crippen molar-refractivity contribution in [3.8, 4) is 6.07 Å². The van der Waals surface area contributed by atoms with Crippen LogP contribution in [0.2, 0.25) is 0 Å². The van der Waals surface area contributed by atoms with E-state index < -0.39 is 22.3 Å². The number of carbonyl (C=O) groups excluding carboxylic acids is 1. The molecule has 0 saturated heterocycles. The van der Waals surface area contributed by atoms with E-state index in [2.05, 4.69) is 31.4 Å². The van der Waals surface area contributed by atoms with Gasteiger partial charge in [-0.2, -0.15) is 28.6 Å². The normalized spacial score (nSPS) is 11.3. The number of alkyl halides is 3. The van der Waals surface area contributed by atoms with E-state index in [1.165, 1.54) is 25.0 Å². The van der Waals surface area contributed by atoms with Gasteiger partial charge in [0.2, 0.25) is 0 Å². The predicted molar refractivity (Wildman–Crippen MR) is 71.8 cm³/mol. The maximum Gasteiger partial charge on any atom is 0.436 e. The maximum absolute atomic E-state index is 12.8. The van der Waals surface area contributed by atoms with Crippen LogP contribution in [0.1, 0.15) is 21.7 Å². The summed E-state index contributed by atoms with van der Waals surface area (Å²) in [4.78, 5) is 12.2. The average Bonchev–Trinajstić information content (AvgIpc) is 2.90. The standard InChI is InChI=1S/C11H8BrF3N6O/c1-20-7(6(12)8(19-20)11(13,14)15)10(22)18-9-5(3-16)4-17-21(9)2/h4H,1-2H3,(H,18,22). The number of amides is 1. The molecule has 7 nitrogen and oxygen atoms in total. The van der Waals surface area contributed by atoms with Crippen molar-refractivity contribution in [2.75, 3.05) is 5.32 Å². The van der Waals surface area contributed by atoms with Gasteiger partial charge in [-0.25, -0.2) is 0 Å². The minimum Gasteiger partial charge on any atom is -0.304 e. The Labute approximate surface area is 130 Å². The average molecular weight is 377 g/mol. The van der Waals surface area contributed by atoms with Crippen molar-refractivity contribution in [3.63, 3.8) is 0 Å². The van der Waals surface area contributed by atoms with Crippen molar-refractivity contribution in [1.29, 1.82) is 5.26 Å². The molecule has 0 spiro atoms. The molecule has 0 fully saturated rings. The van der Waals surface area contributed by atoms with E-state index in [1.807, 2.05) is 6.07 Å². The van der Waals surface area contributed by atoms with Crippen LogP contribution in [0.4, 0.5) is 19.0 Å². The molecule has 1 N–H and O–H groups in total. The van der Waals surface area contributed by atoms with Gasteiger partial charge in [0.15, 0.2) is 5.69 Å². The van der Waals surface area contributed by atoms with E-state index >= 15 is 0 Å². The molecule has 0 aliphatic rings. The minimum absolute atomic E-state index is 0.0779. The van der Waals surface area contributed by atoms with Gasteiger partial charge in [0.25, 0.3) is 5.91 Å². The first-order valence-electron chi connectivity index (χ1n) is 5.70. The Hall–Kier alpha value is -2.35. The SMILES string of the molecule is Cn1ncc(C#N)c1NC(=O)c1c(Br)c(C(F)(F)F)nn1C. The lowest BCUT2D eigenvalue weighted by atomic mass is 10.3. The molecule has 2 aromatic heterocycles. The Morgan fingerprint density at radius 2 is 2.05 bits per heavy atom. The lowest BCUT2D eigenvalue weighted by molar-refractivity contribution is -0.142. The smallest absolute Gasteiger partial charge is 0.304 e. The molecule has 0 bridgehead atoms. The number of halogens is 4. The van der Waals surface area contributed by atoms with Crippen molar-refractivity contribution >= 4 is 27.7 Å². The van der Waals surface area contributed by atoms with Crippen molar-refractivity contribution in [2.24, 2.45) is 14.1 Å². The van der Waals surface area contributed by atoms with Crippen LogP contribution in [0.25, 0.3) is 0 Å².